The lowest BCUT2D eigenvalue weighted by atomic mass is 9.94. The van der Waals surface area contributed by atoms with Gasteiger partial charge in [0, 0.05) is 5.92 Å². The summed E-state index contributed by atoms with van der Waals surface area (Å²) in [5, 5.41) is 10.4. The van der Waals surface area contributed by atoms with Gasteiger partial charge in [-0.2, -0.15) is 13.2 Å². The van der Waals surface area contributed by atoms with Gasteiger partial charge < -0.3 is 10.4 Å². The first kappa shape index (κ1) is 18.2. The highest BCUT2D eigenvalue weighted by Crippen LogP contribution is 2.19. The molecule has 0 fully saturated rings. The molecule has 0 radical (unpaired) electrons. The molecule has 0 aromatic rings. The topological polar surface area (TPSA) is 66.4 Å². The molecular formula is C13H18F3NO3. The van der Waals surface area contributed by atoms with Crippen LogP contribution in [0.25, 0.3) is 0 Å². The standard InChI is InChI=1S/C13H18F3NO3/c1-4-9(7-5-6-8(2)3)10(11(18)19)17-12(20)13(14,15)16/h4,6,9-10H,1,5,7H2,2-3H3,(H,17,20)(H,18,19)/t9-,10-/m0/s1. The maximum Gasteiger partial charge on any atom is 0.471 e. The molecule has 0 aromatic heterocycles. The number of alkyl halides is 3. The molecule has 0 aliphatic rings. The van der Waals surface area contributed by atoms with Crippen LogP contribution in [0.3, 0.4) is 0 Å². The number of rotatable bonds is 7. The molecule has 0 bridgehead atoms. The Morgan fingerprint density at radius 2 is 1.90 bits per heavy atom. The summed E-state index contributed by atoms with van der Waals surface area (Å²) in [5.41, 5.74) is 1.01. The maximum atomic E-state index is 12.2. The second-order valence-electron chi connectivity index (χ2n) is 4.55. The third-order valence-corrected chi connectivity index (χ3v) is 2.59. The molecule has 0 aliphatic heterocycles. The van der Waals surface area contributed by atoms with Crippen molar-refractivity contribution in [3.8, 4) is 0 Å². The molecule has 0 spiro atoms. The van der Waals surface area contributed by atoms with Crippen molar-refractivity contribution < 1.29 is 27.9 Å². The van der Waals surface area contributed by atoms with Crippen molar-refractivity contribution in [3.05, 3.63) is 24.3 Å². The Morgan fingerprint density at radius 3 is 2.25 bits per heavy atom. The average Bonchev–Trinajstić information content (AvgIpc) is 2.30. The molecular weight excluding hydrogens is 275 g/mol. The molecule has 0 saturated heterocycles. The fourth-order valence-electron chi connectivity index (χ4n) is 1.56. The van der Waals surface area contributed by atoms with Gasteiger partial charge >= 0.3 is 18.1 Å². The second kappa shape index (κ2) is 7.72. The van der Waals surface area contributed by atoms with Crippen LogP contribution in [0.1, 0.15) is 26.7 Å². The predicted molar refractivity (Wildman–Crippen MR) is 68.0 cm³/mol. The number of carbonyl (C=O) groups excluding carboxylic acids is 1. The summed E-state index contributed by atoms with van der Waals surface area (Å²) in [7, 11) is 0. The van der Waals surface area contributed by atoms with Crippen LogP contribution in [-0.4, -0.2) is 29.2 Å². The summed E-state index contributed by atoms with van der Waals surface area (Å²) in [4.78, 5) is 21.9. The van der Waals surface area contributed by atoms with E-state index < -0.39 is 30.0 Å². The van der Waals surface area contributed by atoms with E-state index in [2.05, 4.69) is 6.58 Å². The predicted octanol–water partition coefficient (Wildman–Crippen LogP) is 2.67. The first-order chi connectivity index (χ1) is 9.09. The first-order valence-electron chi connectivity index (χ1n) is 5.96. The number of hydrogen-bond donors (Lipinski definition) is 2. The van der Waals surface area contributed by atoms with Gasteiger partial charge in [0.2, 0.25) is 0 Å². The van der Waals surface area contributed by atoms with E-state index >= 15 is 0 Å². The van der Waals surface area contributed by atoms with E-state index in [0.29, 0.717) is 6.42 Å². The lowest BCUT2D eigenvalue weighted by molar-refractivity contribution is -0.175. The van der Waals surface area contributed by atoms with E-state index in [1.54, 1.807) is 0 Å². The van der Waals surface area contributed by atoms with Gasteiger partial charge in [0.05, 0.1) is 0 Å². The van der Waals surface area contributed by atoms with E-state index in [9.17, 15) is 22.8 Å². The molecule has 0 rings (SSSR count). The van der Waals surface area contributed by atoms with Crippen LogP contribution in [0.2, 0.25) is 0 Å². The molecule has 20 heavy (non-hydrogen) atoms. The van der Waals surface area contributed by atoms with Crippen molar-refractivity contribution >= 4 is 11.9 Å². The zero-order valence-corrected chi connectivity index (χ0v) is 11.3. The monoisotopic (exact) mass is 293 g/mol. The number of amides is 1. The van der Waals surface area contributed by atoms with Crippen molar-refractivity contribution in [2.45, 2.75) is 38.9 Å². The molecule has 114 valence electrons. The van der Waals surface area contributed by atoms with Gasteiger partial charge in [0.1, 0.15) is 6.04 Å². The third kappa shape index (κ3) is 6.40. The number of nitrogens with one attached hydrogen (secondary N) is 1. The van der Waals surface area contributed by atoms with Crippen molar-refractivity contribution in [3.63, 3.8) is 0 Å². The van der Waals surface area contributed by atoms with Crippen LogP contribution in [0.5, 0.6) is 0 Å². The van der Waals surface area contributed by atoms with Gasteiger partial charge in [-0.3, -0.25) is 4.79 Å². The fraction of sp³-hybridized carbons (Fsp3) is 0.538. The van der Waals surface area contributed by atoms with Crippen LogP contribution in [0.4, 0.5) is 13.2 Å². The molecule has 0 saturated carbocycles. The van der Waals surface area contributed by atoms with Gasteiger partial charge in [0.25, 0.3) is 0 Å². The molecule has 4 nitrogen and oxygen atoms in total. The van der Waals surface area contributed by atoms with Crippen molar-refractivity contribution in [1.82, 2.24) is 5.32 Å². The quantitative estimate of drug-likeness (QED) is 0.709. The Bertz CT molecular complexity index is 398. The fourth-order valence-corrected chi connectivity index (χ4v) is 1.56. The summed E-state index contributed by atoms with van der Waals surface area (Å²) in [6.07, 6.45) is -1.26. The Labute approximate surface area is 115 Å². The summed E-state index contributed by atoms with van der Waals surface area (Å²) in [6.45, 7) is 7.12. The zero-order valence-electron chi connectivity index (χ0n) is 11.3. The summed E-state index contributed by atoms with van der Waals surface area (Å²) in [5.74, 6) is -4.57. The Morgan fingerprint density at radius 1 is 1.35 bits per heavy atom. The van der Waals surface area contributed by atoms with Crippen molar-refractivity contribution in [1.29, 1.82) is 0 Å². The van der Waals surface area contributed by atoms with Crippen molar-refractivity contribution in [2.24, 2.45) is 5.92 Å². The molecule has 0 heterocycles. The number of carboxylic acids is 1. The minimum atomic E-state index is -5.11. The highest BCUT2D eigenvalue weighted by molar-refractivity contribution is 5.87. The Kier molecular flexibility index (Phi) is 7.02. The van der Waals surface area contributed by atoms with Crippen LogP contribution in [0, 0.1) is 5.92 Å². The highest BCUT2D eigenvalue weighted by atomic mass is 19.4. The lowest BCUT2D eigenvalue weighted by Gasteiger charge is -2.22. The highest BCUT2D eigenvalue weighted by Gasteiger charge is 2.42. The van der Waals surface area contributed by atoms with E-state index in [4.69, 9.17) is 5.11 Å². The number of hydrogen-bond acceptors (Lipinski definition) is 2. The number of aliphatic carboxylic acids is 1. The summed E-state index contributed by atoms with van der Waals surface area (Å²) in [6, 6.07) is -1.65. The van der Waals surface area contributed by atoms with E-state index in [1.165, 1.54) is 11.4 Å². The average molecular weight is 293 g/mol. The Balaban J connectivity index is 4.86. The minimum absolute atomic E-state index is 0.282. The van der Waals surface area contributed by atoms with Crippen LogP contribution >= 0.6 is 0 Å². The van der Waals surface area contributed by atoms with Gasteiger partial charge in [0.15, 0.2) is 0 Å². The van der Waals surface area contributed by atoms with Gasteiger partial charge in [-0.15, -0.1) is 6.58 Å². The van der Waals surface area contributed by atoms with Crippen LogP contribution in [0.15, 0.2) is 24.3 Å². The molecule has 7 heteroatoms. The first-order valence-corrected chi connectivity index (χ1v) is 5.96. The lowest BCUT2D eigenvalue weighted by Crippen LogP contribution is -2.50. The maximum absolute atomic E-state index is 12.2. The van der Waals surface area contributed by atoms with Crippen molar-refractivity contribution in [2.75, 3.05) is 0 Å². The van der Waals surface area contributed by atoms with E-state index in [-0.39, 0.29) is 6.42 Å². The molecule has 1 amide bonds. The van der Waals surface area contributed by atoms with Crippen LogP contribution in [-0.2, 0) is 9.59 Å². The third-order valence-electron chi connectivity index (χ3n) is 2.59. The van der Waals surface area contributed by atoms with E-state index in [1.807, 2.05) is 19.9 Å². The normalized spacial score (nSPS) is 14.1. The minimum Gasteiger partial charge on any atom is -0.480 e. The van der Waals surface area contributed by atoms with Crippen LogP contribution < -0.4 is 5.32 Å². The Hall–Kier alpha value is -1.79. The molecule has 2 atom stereocenters. The van der Waals surface area contributed by atoms with Gasteiger partial charge in [-0.1, -0.05) is 17.7 Å². The number of halogens is 3. The summed E-state index contributed by atoms with van der Waals surface area (Å²) < 4.78 is 36.5. The number of carbonyl (C=O) groups is 2. The number of carboxylic acid groups (broad SMARTS) is 1. The molecule has 0 aromatic carbocycles. The summed E-state index contributed by atoms with van der Waals surface area (Å²) >= 11 is 0. The smallest absolute Gasteiger partial charge is 0.471 e. The van der Waals surface area contributed by atoms with E-state index in [0.717, 1.165) is 5.57 Å². The SMILES string of the molecule is C=C[C@@H](CCC=C(C)C)[C@H](NC(=O)C(F)(F)F)C(=O)O. The second-order valence-corrected chi connectivity index (χ2v) is 4.55. The van der Waals surface area contributed by atoms with Gasteiger partial charge in [-0.25, -0.2) is 4.79 Å². The zero-order chi connectivity index (χ0) is 15.9. The molecule has 0 aliphatic carbocycles. The molecule has 2 N–H and O–H groups in total. The number of allylic oxidation sites excluding steroid dienone is 2. The largest absolute Gasteiger partial charge is 0.480 e. The molecule has 0 unspecified atom stereocenters. The van der Waals surface area contributed by atoms with Gasteiger partial charge in [-0.05, 0) is 26.7 Å².